The molecule has 1 heterocycles. The summed E-state index contributed by atoms with van der Waals surface area (Å²) in [6.45, 7) is 1.80. The molecule has 0 radical (unpaired) electrons. The molecule has 0 aliphatic carbocycles. The number of aromatic nitrogens is 2. The molecule has 1 aromatic rings. The van der Waals surface area contributed by atoms with Gasteiger partial charge in [-0.05, 0) is 4.98 Å². The summed E-state index contributed by atoms with van der Waals surface area (Å²) in [6, 6.07) is 0. The third-order valence-electron chi connectivity index (χ3n) is 1.64. The summed E-state index contributed by atoms with van der Waals surface area (Å²) in [7, 11) is -3.08. The summed E-state index contributed by atoms with van der Waals surface area (Å²) in [4.78, 5) is 4.02. The van der Waals surface area contributed by atoms with Gasteiger partial charge in [-0.3, -0.25) is 0 Å². The fourth-order valence-electron chi connectivity index (χ4n) is 0.840. The number of aliphatic hydroxyl groups is 1. The molecule has 0 fully saturated rings. The number of aliphatic hydroxyl groups excluding tert-OH is 1. The summed E-state index contributed by atoms with van der Waals surface area (Å²) >= 11 is 0. The van der Waals surface area contributed by atoms with Crippen LogP contribution in [-0.4, -0.2) is 10.1 Å². The summed E-state index contributed by atoms with van der Waals surface area (Å²) in [5, 5.41) is 8.80. The van der Waals surface area contributed by atoms with Crippen molar-refractivity contribution >= 4 is 5.82 Å². The number of rotatable bonds is 1. The second kappa shape index (κ2) is 5.89. The van der Waals surface area contributed by atoms with E-state index >= 15 is 0 Å². The number of hydrogen-bond donors (Lipinski definition) is 2. The highest BCUT2D eigenvalue weighted by Gasteiger charge is 2.10. The summed E-state index contributed by atoms with van der Waals surface area (Å²) in [5.74, 6) is 1.24. The van der Waals surface area contributed by atoms with Crippen molar-refractivity contribution in [3.63, 3.8) is 0 Å². The first-order valence-corrected chi connectivity index (χ1v) is 5.23. The molecule has 0 aliphatic rings. The largest absolute Gasteiger partial charge is 0.391 e. The van der Waals surface area contributed by atoms with E-state index in [9.17, 15) is 0 Å². The van der Waals surface area contributed by atoms with Crippen LogP contribution in [0.3, 0.4) is 0 Å². The van der Waals surface area contributed by atoms with Crippen LogP contribution in [0, 0.1) is 17.2 Å². The fraction of sp³-hybridized carbons (Fsp3) is 0.429. The van der Waals surface area contributed by atoms with Crippen molar-refractivity contribution in [3.8, 4) is 0 Å². The smallest absolute Gasteiger partial charge is 0.297 e. The van der Waals surface area contributed by atoms with Crippen molar-refractivity contribution in [1.82, 2.24) is 4.98 Å². The first-order chi connectivity index (χ1) is 7.15. The van der Waals surface area contributed by atoms with Gasteiger partial charge < -0.3 is 10.8 Å². The van der Waals surface area contributed by atoms with E-state index in [2.05, 4.69) is 4.98 Å². The average Bonchev–Trinajstić information content (AvgIpc) is 2.08. The Hall–Kier alpha value is -1.03. The molecule has 8 nitrogen and oxygen atoms in total. The van der Waals surface area contributed by atoms with Gasteiger partial charge in [-0.15, -0.1) is 10.2 Å². The second-order valence-electron chi connectivity index (χ2n) is 2.85. The standard InChI is InChI=1S/C7H11N3O.ClHO4/c1-5-9-7(8)6(4-11)3-10(5)2;2-1(3,4)5/h3,8,11H,4H2,1-2H3;(H,2,3,4,5). The van der Waals surface area contributed by atoms with Gasteiger partial charge in [-0.25, -0.2) is 23.2 Å². The van der Waals surface area contributed by atoms with Crippen molar-refractivity contribution in [2.75, 3.05) is 5.73 Å². The molecule has 3 N–H and O–H groups in total. The lowest BCUT2D eigenvalue weighted by atomic mass is 10.3. The highest BCUT2D eigenvalue weighted by Crippen LogP contribution is 2.04. The van der Waals surface area contributed by atoms with E-state index < -0.39 is 10.2 Å². The van der Waals surface area contributed by atoms with Crippen LogP contribution in [0.1, 0.15) is 11.4 Å². The minimum Gasteiger partial charge on any atom is -0.391 e. The maximum atomic E-state index is 8.80. The molecule has 0 saturated heterocycles. The molecular formula is C7H12ClN3O5. The van der Waals surface area contributed by atoms with Gasteiger partial charge in [-0.1, -0.05) is 0 Å². The van der Waals surface area contributed by atoms with Gasteiger partial charge in [-0.2, -0.15) is 0 Å². The molecule has 0 unspecified atom stereocenters. The Morgan fingerprint density at radius 2 is 1.88 bits per heavy atom. The normalized spacial score (nSPS) is 10.7. The molecule has 0 aromatic carbocycles. The van der Waals surface area contributed by atoms with Gasteiger partial charge in [0.2, 0.25) is 5.82 Å². The number of aryl methyl sites for hydroxylation is 2. The molecule has 0 saturated carbocycles. The molecule has 92 valence electrons. The highest BCUT2D eigenvalue weighted by atomic mass is 35.7. The first-order valence-electron chi connectivity index (χ1n) is 3.99. The molecule has 0 bridgehead atoms. The van der Waals surface area contributed by atoms with Crippen LogP contribution in [0.25, 0.3) is 0 Å². The van der Waals surface area contributed by atoms with E-state index in [1.807, 2.05) is 18.5 Å². The van der Waals surface area contributed by atoms with Crippen LogP contribution in [0.2, 0.25) is 0 Å². The molecule has 1 rings (SSSR count). The van der Waals surface area contributed by atoms with Crippen LogP contribution in [0.15, 0.2) is 6.20 Å². The molecule has 0 spiro atoms. The molecule has 9 heteroatoms. The lowest BCUT2D eigenvalue weighted by molar-refractivity contribution is -2.00. The van der Waals surface area contributed by atoms with E-state index in [1.54, 1.807) is 6.20 Å². The van der Waals surface area contributed by atoms with Gasteiger partial charge in [0.25, 0.3) is 5.82 Å². The van der Waals surface area contributed by atoms with E-state index in [-0.39, 0.29) is 6.61 Å². The van der Waals surface area contributed by atoms with Crippen molar-refractivity contribution < 1.29 is 38.6 Å². The lowest BCUT2D eigenvalue weighted by Crippen LogP contribution is -2.68. The van der Waals surface area contributed by atoms with Crippen LogP contribution < -0.4 is 28.9 Å². The summed E-state index contributed by atoms with van der Waals surface area (Å²) < 4.78 is 35.8. The first kappa shape index (κ1) is 15.0. The molecule has 0 amide bonds. The van der Waals surface area contributed by atoms with Crippen LogP contribution >= 0.6 is 0 Å². The van der Waals surface area contributed by atoms with Gasteiger partial charge in [0.15, 0.2) is 0 Å². The molecule has 1 aromatic heterocycles. The summed E-state index contributed by atoms with van der Waals surface area (Å²) in [6.07, 6.45) is 1.78. The zero-order valence-corrected chi connectivity index (χ0v) is 9.47. The Morgan fingerprint density at radius 3 is 2.25 bits per heavy atom. The Morgan fingerprint density at radius 1 is 1.44 bits per heavy atom. The topological polar surface area (TPSA) is 155 Å². The van der Waals surface area contributed by atoms with E-state index in [0.29, 0.717) is 11.4 Å². The van der Waals surface area contributed by atoms with Gasteiger partial charge in [0, 0.05) is 6.92 Å². The zero-order chi connectivity index (χ0) is 12.9. The maximum absolute atomic E-state index is 8.80. The van der Waals surface area contributed by atoms with E-state index in [4.69, 9.17) is 29.5 Å². The molecule has 0 atom stereocenters. The number of anilines is 1. The Labute approximate surface area is 94.0 Å². The number of nitrogens with zero attached hydrogens (tertiary/aromatic N) is 2. The van der Waals surface area contributed by atoms with Gasteiger partial charge in [0.05, 0.1) is 19.2 Å². The highest BCUT2D eigenvalue weighted by molar-refractivity contribution is 5.35. The quantitative estimate of drug-likeness (QED) is 0.473. The fourth-order valence-corrected chi connectivity index (χ4v) is 0.840. The number of halogens is 1. The Kier molecular flexibility index (Phi) is 5.51. The lowest BCUT2D eigenvalue weighted by Gasteiger charge is -2.17. The predicted octanol–water partition coefficient (Wildman–Crippen LogP) is -5.47. The van der Waals surface area contributed by atoms with Crippen LogP contribution in [0.4, 0.5) is 5.82 Å². The Balaban J connectivity index is 0.000000385. The SMILES string of the molecule is Cc1nc(N)c(CO)c[n+]1C.[O-][Cl+3]([O-])([O-])[O-]. The maximum Gasteiger partial charge on any atom is 0.297 e. The van der Waals surface area contributed by atoms with E-state index in [0.717, 1.165) is 5.82 Å². The molecule has 16 heavy (non-hydrogen) atoms. The third kappa shape index (κ3) is 6.45. The minimum atomic E-state index is -4.94. The van der Waals surface area contributed by atoms with Crippen molar-refractivity contribution in [2.45, 2.75) is 13.5 Å². The van der Waals surface area contributed by atoms with Crippen molar-refractivity contribution in [3.05, 3.63) is 17.6 Å². The molecular weight excluding hydrogens is 242 g/mol. The van der Waals surface area contributed by atoms with Crippen LogP contribution in [0.5, 0.6) is 0 Å². The predicted molar refractivity (Wildman–Crippen MR) is 40.5 cm³/mol. The average molecular weight is 254 g/mol. The van der Waals surface area contributed by atoms with Gasteiger partial charge >= 0.3 is 0 Å². The monoisotopic (exact) mass is 253 g/mol. The van der Waals surface area contributed by atoms with Crippen LogP contribution in [-0.2, 0) is 13.7 Å². The number of hydrogen-bond acceptors (Lipinski definition) is 7. The Bertz CT molecular complexity index is 349. The minimum absolute atomic E-state index is 0.0625. The number of nitrogen functional groups attached to an aromatic ring is 1. The van der Waals surface area contributed by atoms with E-state index in [1.165, 1.54) is 0 Å². The van der Waals surface area contributed by atoms with Crippen molar-refractivity contribution in [2.24, 2.45) is 7.05 Å². The molecule has 0 aliphatic heterocycles. The van der Waals surface area contributed by atoms with Gasteiger partial charge in [0.1, 0.15) is 6.20 Å². The summed E-state index contributed by atoms with van der Waals surface area (Å²) in [5.41, 5.74) is 6.18. The zero-order valence-electron chi connectivity index (χ0n) is 8.71. The van der Waals surface area contributed by atoms with Crippen molar-refractivity contribution in [1.29, 1.82) is 0 Å². The third-order valence-corrected chi connectivity index (χ3v) is 1.64. The number of nitrogens with two attached hydrogens (primary N) is 1. The second-order valence-corrected chi connectivity index (χ2v) is 3.60.